The number of halogens is 1. The number of fused-ring (bicyclic) bond motifs is 1. The van der Waals surface area contributed by atoms with E-state index in [4.69, 9.17) is 11.6 Å². The van der Waals surface area contributed by atoms with Crippen molar-refractivity contribution in [2.75, 3.05) is 22.1 Å². The average molecular weight is 503 g/mol. The maximum absolute atomic E-state index is 13.5. The van der Waals surface area contributed by atoms with Crippen molar-refractivity contribution in [2.24, 2.45) is 0 Å². The first-order valence-electron chi connectivity index (χ1n) is 12.7. The number of nitrogens with one attached hydrogen (secondary N) is 3. The standard InChI is InChI=1S/C29H31ClN4O2/c30-22-9-6-12-24(17-22)32-29(36)33-25-13-14-27(34-16-15-20-7-4-5-8-21(20)19-34)26(18-25)28(35)31-23-10-2-1-3-11-23/h4-9,12-14,17-18,23H,1-3,10-11,15-16,19H2,(H,31,35)(H2,32,33,36). The third-order valence-corrected chi connectivity index (χ3v) is 7.23. The summed E-state index contributed by atoms with van der Waals surface area (Å²) in [6.07, 6.45) is 6.47. The van der Waals surface area contributed by atoms with Crippen LogP contribution in [0.5, 0.6) is 0 Å². The van der Waals surface area contributed by atoms with Gasteiger partial charge < -0.3 is 20.9 Å². The van der Waals surface area contributed by atoms with Crippen LogP contribution < -0.4 is 20.9 Å². The molecular weight excluding hydrogens is 472 g/mol. The number of rotatable bonds is 5. The Morgan fingerprint density at radius 2 is 1.58 bits per heavy atom. The Bertz CT molecular complexity index is 1260. The highest BCUT2D eigenvalue weighted by Gasteiger charge is 2.24. The number of hydrogen-bond acceptors (Lipinski definition) is 3. The van der Waals surface area contributed by atoms with Gasteiger partial charge in [-0.2, -0.15) is 0 Å². The Morgan fingerprint density at radius 3 is 2.36 bits per heavy atom. The summed E-state index contributed by atoms with van der Waals surface area (Å²) in [5.74, 6) is -0.0883. The van der Waals surface area contributed by atoms with Crippen molar-refractivity contribution in [3.05, 3.63) is 88.4 Å². The fraction of sp³-hybridized carbons (Fsp3) is 0.310. The quantitative estimate of drug-likeness (QED) is 0.367. The molecule has 3 N–H and O–H groups in total. The van der Waals surface area contributed by atoms with E-state index in [1.165, 1.54) is 17.5 Å². The van der Waals surface area contributed by atoms with E-state index in [9.17, 15) is 9.59 Å². The molecule has 7 heteroatoms. The van der Waals surface area contributed by atoms with E-state index in [0.29, 0.717) is 22.0 Å². The molecule has 0 atom stereocenters. The Morgan fingerprint density at radius 1 is 0.833 bits per heavy atom. The summed E-state index contributed by atoms with van der Waals surface area (Å²) < 4.78 is 0. The van der Waals surface area contributed by atoms with E-state index in [-0.39, 0.29) is 11.9 Å². The van der Waals surface area contributed by atoms with Crippen molar-refractivity contribution in [3.63, 3.8) is 0 Å². The molecule has 1 heterocycles. The molecule has 1 fully saturated rings. The molecule has 1 saturated carbocycles. The number of hydrogen-bond donors (Lipinski definition) is 3. The van der Waals surface area contributed by atoms with Crippen LogP contribution in [-0.2, 0) is 13.0 Å². The van der Waals surface area contributed by atoms with E-state index in [1.807, 2.05) is 12.1 Å². The predicted molar refractivity (Wildman–Crippen MR) is 146 cm³/mol. The number of carbonyl (C=O) groups excluding carboxylic acids is 2. The van der Waals surface area contributed by atoms with Gasteiger partial charge in [0.05, 0.1) is 5.56 Å². The molecule has 5 rings (SSSR count). The number of nitrogens with zero attached hydrogens (tertiary/aromatic N) is 1. The Kier molecular flexibility index (Phi) is 7.42. The smallest absolute Gasteiger partial charge is 0.323 e. The highest BCUT2D eigenvalue weighted by atomic mass is 35.5. The van der Waals surface area contributed by atoms with Gasteiger partial charge in [-0.15, -0.1) is 0 Å². The normalized spacial score (nSPS) is 15.6. The number of anilines is 3. The van der Waals surface area contributed by atoms with Gasteiger partial charge >= 0.3 is 6.03 Å². The van der Waals surface area contributed by atoms with E-state index in [0.717, 1.165) is 50.9 Å². The lowest BCUT2D eigenvalue weighted by atomic mass is 9.95. The summed E-state index contributed by atoms with van der Waals surface area (Å²) in [5.41, 5.74) is 5.27. The van der Waals surface area contributed by atoms with Crippen LogP contribution in [-0.4, -0.2) is 24.5 Å². The lowest BCUT2D eigenvalue weighted by molar-refractivity contribution is 0.0928. The number of amides is 3. The molecule has 3 aromatic carbocycles. The van der Waals surface area contributed by atoms with Crippen LogP contribution in [0, 0.1) is 0 Å². The fourth-order valence-electron chi connectivity index (χ4n) is 5.14. The molecule has 0 aromatic heterocycles. The molecule has 0 saturated heterocycles. The fourth-order valence-corrected chi connectivity index (χ4v) is 5.33. The van der Waals surface area contributed by atoms with E-state index >= 15 is 0 Å². The van der Waals surface area contributed by atoms with E-state index < -0.39 is 6.03 Å². The van der Waals surface area contributed by atoms with Gasteiger partial charge in [0.1, 0.15) is 0 Å². The first-order chi connectivity index (χ1) is 17.5. The molecule has 6 nitrogen and oxygen atoms in total. The molecule has 36 heavy (non-hydrogen) atoms. The molecule has 0 radical (unpaired) electrons. The van der Waals surface area contributed by atoms with Gasteiger partial charge in [-0.1, -0.05) is 61.2 Å². The Hall–Kier alpha value is -3.51. The summed E-state index contributed by atoms with van der Waals surface area (Å²) in [4.78, 5) is 28.4. The lowest BCUT2D eigenvalue weighted by Gasteiger charge is -2.32. The number of urea groups is 1. The highest BCUT2D eigenvalue weighted by Crippen LogP contribution is 2.30. The number of benzene rings is 3. The minimum Gasteiger partial charge on any atom is -0.366 e. The molecule has 3 amide bonds. The average Bonchev–Trinajstić information content (AvgIpc) is 2.89. The molecular formula is C29H31ClN4O2. The van der Waals surface area contributed by atoms with Crippen LogP contribution in [0.1, 0.15) is 53.6 Å². The van der Waals surface area contributed by atoms with Crippen LogP contribution in [0.25, 0.3) is 0 Å². The van der Waals surface area contributed by atoms with Gasteiger partial charge in [-0.05, 0) is 66.8 Å². The Balaban J connectivity index is 1.38. The topological polar surface area (TPSA) is 73.5 Å². The second-order valence-electron chi connectivity index (χ2n) is 9.57. The summed E-state index contributed by atoms with van der Waals surface area (Å²) in [6.45, 7) is 1.59. The van der Waals surface area contributed by atoms with Gasteiger partial charge in [-0.25, -0.2) is 4.79 Å². The zero-order valence-electron chi connectivity index (χ0n) is 20.2. The summed E-state index contributed by atoms with van der Waals surface area (Å²) in [5, 5.41) is 9.45. The predicted octanol–water partition coefficient (Wildman–Crippen LogP) is 6.61. The molecule has 0 bridgehead atoms. The van der Waals surface area contributed by atoms with Crippen molar-refractivity contribution in [1.82, 2.24) is 5.32 Å². The Labute approximate surface area is 217 Å². The van der Waals surface area contributed by atoms with Crippen molar-refractivity contribution >= 4 is 40.6 Å². The number of carbonyl (C=O) groups is 2. The second-order valence-corrected chi connectivity index (χ2v) is 10.0. The van der Waals surface area contributed by atoms with Crippen LogP contribution >= 0.6 is 11.6 Å². The van der Waals surface area contributed by atoms with Gasteiger partial charge in [0.2, 0.25) is 0 Å². The maximum Gasteiger partial charge on any atom is 0.323 e. The van der Waals surface area contributed by atoms with Crippen LogP contribution in [0.3, 0.4) is 0 Å². The van der Waals surface area contributed by atoms with Gasteiger partial charge in [-0.3, -0.25) is 4.79 Å². The molecule has 2 aliphatic rings. The zero-order chi connectivity index (χ0) is 24.9. The van der Waals surface area contributed by atoms with Crippen LogP contribution in [0.2, 0.25) is 5.02 Å². The van der Waals surface area contributed by atoms with Crippen molar-refractivity contribution in [3.8, 4) is 0 Å². The molecule has 0 unspecified atom stereocenters. The SMILES string of the molecule is O=C(Nc1cccc(Cl)c1)Nc1ccc(N2CCc3ccccc3C2)c(C(=O)NC2CCCCC2)c1. The highest BCUT2D eigenvalue weighted by molar-refractivity contribution is 6.30. The maximum atomic E-state index is 13.5. The van der Waals surface area contributed by atoms with Crippen LogP contribution in [0.15, 0.2) is 66.7 Å². The summed E-state index contributed by atoms with van der Waals surface area (Å²) in [7, 11) is 0. The largest absolute Gasteiger partial charge is 0.366 e. The third-order valence-electron chi connectivity index (χ3n) is 6.99. The summed E-state index contributed by atoms with van der Waals surface area (Å²) in [6, 6.07) is 20.8. The van der Waals surface area contributed by atoms with Gasteiger partial charge in [0.25, 0.3) is 5.91 Å². The lowest BCUT2D eigenvalue weighted by Crippen LogP contribution is -2.38. The van der Waals surface area contributed by atoms with Crippen molar-refractivity contribution in [2.45, 2.75) is 51.1 Å². The molecule has 1 aliphatic heterocycles. The molecule has 0 spiro atoms. The van der Waals surface area contributed by atoms with Crippen molar-refractivity contribution < 1.29 is 9.59 Å². The minimum absolute atomic E-state index is 0.0883. The van der Waals surface area contributed by atoms with Crippen molar-refractivity contribution in [1.29, 1.82) is 0 Å². The zero-order valence-corrected chi connectivity index (χ0v) is 21.0. The van der Waals surface area contributed by atoms with E-state index in [2.05, 4.69) is 45.1 Å². The summed E-state index contributed by atoms with van der Waals surface area (Å²) >= 11 is 6.03. The monoisotopic (exact) mass is 502 g/mol. The van der Waals surface area contributed by atoms with Gasteiger partial charge in [0.15, 0.2) is 0 Å². The van der Waals surface area contributed by atoms with Crippen LogP contribution in [0.4, 0.5) is 21.9 Å². The molecule has 3 aromatic rings. The molecule has 186 valence electrons. The first-order valence-corrected chi connectivity index (χ1v) is 13.0. The van der Waals surface area contributed by atoms with Gasteiger partial charge in [0, 0.05) is 41.2 Å². The minimum atomic E-state index is -0.393. The first kappa shape index (κ1) is 24.2. The second kappa shape index (κ2) is 11.0. The molecule has 1 aliphatic carbocycles. The van der Waals surface area contributed by atoms with E-state index in [1.54, 1.807) is 30.3 Å². The third kappa shape index (κ3) is 5.82.